The molecule has 1 aromatic heterocycles. The van der Waals surface area contributed by atoms with Crippen LogP contribution in [0, 0.1) is 0 Å². The minimum Gasteiger partial charge on any atom is -0.497 e. The van der Waals surface area contributed by atoms with E-state index >= 15 is 0 Å². The van der Waals surface area contributed by atoms with Gasteiger partial charge in [0, 0.05) is 31.5 Å². The predicted molar refractivity (Wildman–Crippen MR) is 78.4 cm³/mol. The number of aryl methyl sites for hydroxylation is 1. The molecule has 0 unspecified atom stereocenters. The molecule has 1 heterocycles. The highest BCUT2D eigenvalue weighted by molar-refractivity contribution is 5.28. The number of aromatic nitrogens is 1. The van der Waals surface area contributed by atoms with Crippen LogP contribution in [0.3, 0.4) is 0 Å². The van der Waals surface area contributed by atoms with Crippen molar-refractivity contribution in [3.8, 4) is 5.75 Å². The van der Waals surface area contributed by atoms with Gasteiger partial charge in [-0.15, -0.1) is 0 Å². The summed E-state index contributed by atoms with van der Waals surface area (Å²) >= 11 is 0. The average Bonchev–Trinajstić information content (AvgIpc) is 2.93. The molecule has 102 valence electrons. The van der Waals surface area contributed by atoms with Crippen LogP contribution in [0.5, 0.6) is 5.75 Å². The lowest BCUT2D eigenvalue weighted by atomic mass is 10.1. The highest BCUT2D eigenvalue weighted by atomic mass is 16.5. The summed E-state index contributed by atoms with van der Waals surface area (Å²) in [5.74, 6) is 0.899. The van der Waals surface area contributed by atoms with Gasteiger partial charge in [-0.3, -0.25) is 0 Å². The van der Waals surface area contributed by atoms with Gasteiger partial charge < -0.3 is 14.6 Å². The molecule has 1 N–H and O–H groups in total. The molecule has 3 nitrogen and oxygen atoms in total. The largest absolute Gasteiger partial charge is 0.497 e. The summed E-state index contributed by atoms with van der Waals surface area (Å²) in [5.41, 5.74) is 2.60. The van der Waals surface area contributed by atoms with Crippen molar-refractivity contribution in [2.75, 3.05) is 7.11 Å². The van der Waals surface area contributed by atoms with Gasteiger partial charge in [-0.1, -0.05) is 12.1 Å². The third-order valence-electron chi connectivity index (χ3n) is 3.41. The Morgan fingerprint density at radius 3 is 2.53 bits per heavy atom. The van der Waals surface area contributed by atoms with Crippen LogP contribution in [-0.2, 0) is 13.1 Å². The van der Waals surface area contributed by atoms with Gasteiger partial charge in [0.15, 0.2) is 0 Å². The van der Waals surface area contributed by atoms with Crippen LogP contribution < -0.4 is 10.1 Å². The number of benzene rings is 1. The van der Waals surface area contributed by atoms with Gasteiger partial charge in [-0.25, -0.2) is 0 Å². The maximum atomic E-state index is 5.17. The van der Waals surface area contributed by atoms with E-state index in [2.05, 4.69) is 54.3 Å². The highest BCUT2D eigenvalue weighted by Crippen LogP contribution is 2.17. The van der Waals surface area contributed by atoms with Crippen LogP contribution in [0.2, 0.25) is 0 Å². The van der Waals surface area contributed by atoms with E-state index in [9.17, 15) is 0 Å². The van der Waals surface area contributed by atoms with E-state index in [4.69, 9.17) is 4.74 Å². The lowest BCUT2D eigenvalue weighted by molar-refractivity contribution is 0.414. The average molecular weight is 258 g/mol. The molecule has 19 heavy (non-hydrogen) atoms. The topological polar surface area (TPSA) is 26.2 Å². The zero-order valence-corrected chi connectivity index (χ0v) is 11.9. The van der Waals surface area contributed by atoms with Crippen LogP contribution in [0.25, 0.3) is 0 Å². The van der Waals surface area contributed by atoms with E-state index in [1.807, 2.05) is 12.1 Å². The van der Waals surface area contributed by atoms with Gasteiger partial charge in [0.2, 0.25) is 0 Å². The third-order valence-corrected chi connectivity index (χ3v) is 3.41. The molecule has 0 radical (unpaired) electrons. The number of methoxy groups -OCH3 is 1. The first kappa shape index (κ1) is 13.7. The van der Waals surface area contributed by atoms with Crippen molar-refractivity contribution in [1.29, 1.82) is 0 Å². The summed E-state index contributed by atoms with van der Waals surface area (Å²) in [4.78, 5) is 0. The molecule has 3 heteroatoms. The van der Waals surface area contributed by atoms with Crippen LogP contribution in [-0.4, -0.2) is 11.7 Å². The molecule has 0 amide bonds. The van der Waals surface area contributed by atoms with Crippen molar-refractivity contribution in [3.63, 3.8) is 0 Å². The fraction of sp³-hybridized carbons (Fsp3) is 0.375. The molecule has 2 aromatic rings. The number of rotatable bonds is 6. The number of hydrogen-bond donors (Lipinski definition) is 1. The van der Waals surface area contributed by atoms with Crippen molar-refractivity contribution in [1.82, 2.24) is 9.88 Å². The van der Waals surface area contributed by atoms with E-state index in [1.54, 1.807) is 7.11 Å². The first-order valence-corrected chi connectivity index (χ1v) is 6.75. The summed E-state index contributed by atoms with van der Waals surface area (Å²) in [6.07, 6.45) is 4.31. The Labute approximate surface area is 115 Å². The zero-order valence-electron chi connectivity index (χ0n) is 11.9. The fourth-order valence-corrected chi connectivity index (χ4v) is 2.07. The number of hydrogen-bond acceptors (Lipinski definition) is 2. The second-order valence-corrected chi connectivity index (χ2v) is 4.73. The minimum absolute atomic E-state index is 0.330. The first-order valence-electron chi connectivity index (χ1n) is 6.75. The van der Waals surface area contributed by atoms with E-state index in [0.29, 0.717) is 6.04 Å². The number of nitrogens with one attached hydrogen (secondary N) is 1. The Kier molecular flexibility index (Phi) is 4.63. The quantitative estimate of drug-likeness (QED) is 0.859. The Balaban J connectivity index is 1.90. The number of nitrogens with zero attached hydrogens (tertiary/aromatic N) is 1. The summed E-state index contributed by atoms with van der Waals surface area (Å²) in [5, 5.41) is 3.54. The fourth-order valence-electron chi connectivity index (χ4n) is 2.07. The lowest BCUT2D eigenvalue weighted by Crippen LogP contribution is -2.17. The number of ether oxygens (including phenoxy) is 1. The molecule has 0 aliphatic carbocycles. The third kappa shape index (κ3) is 3.61. The summed E-state index contributed by atoms with van der Waals surface area (Å²) in [6, 6.07) is 10.7. The highest BCUT2D eigenvalue weighted by Gasteiger charge is 2.05. The van der Waals surface area contributed by atoms with Gasteiger partial charge in [-0.2, -0.15) is 0 Å². The standard InChI is InChI=1S/C16H22N2O/c1-4-18-10-9-14(12-18)11-17-13(2)15-5-7-16(19-3)8-6-15/h5-10,12-13,17H,4,11H2,1-3H3/t13-/m1/s1. The molecule has 1 atom stereocenters. The first-order chi connectivity index (χ1) is 9.22. The smallest absolute Gasteiger partial charge is 0.118 e. The van der Waals surface area contributed by atoms with Crippen molar-refractivity contribution in [3.05, 3.63) is 53.9 Å². The van der Waals surface area contributed by atoms with Crippen molar-refractivity contribution in [2.45, 2.75) is 33.0 Å². The van der Waals surface area contributed by atoms with Crippen molar-refractivity contribution < 1.29 is 4.74 Å². The Hall–Kier alpha value is -1.74. The van der Waals surface area contributed by atoms with Gasteiger partial charge in [0.05, 0.1) is 7.11 Å². The molecule has 0 aliphatic rings. The summed E-state index contributed by atoms with van der Waals surface area (Å²) in [6.45, 7) is 6.24. The maximum absolute atomic E-state index is 5.17. The minimum atomic E-state index is 0.330. The van der Waals surface area contributed by atoms with Crippen LogP contribution in [0.15, 0.2) is 42.7 Å². The molecule has 2 rings (SSSR count). The summed E-state index contributed by atoms with van der Waals surface area (Å²) in [7, 11) is 1.69. The molecule has 0 saturated carbocycles. The Bertz CT molecular complexity index is 502. The van der Waals surface area contributed by atoms with E-state index in [1.165, 1.54) is 11.1 Å². The molecule has 0 aliphatic heterocycles. The van der Waals surface area contributed by atoms with E-state index in [0.717, 1.165) is 18.8 Å². The maximum Gasteiger partial charge on any atom is 0.118 e. The molecule has 0 bridgehead atoms. The van der Waals surface area contributed by atoms with E-state index in [-0.39, 0.29) is 0 Å². The molecular formula is C16H22N2O. The lowest BCUT2D eigenvalue weighted by Gasteiger charge is -2.14. The molecular weight excluding hydrogens is 236 g/mol. The van der Waals surface area contributed by atoms with Crippen LogP contribution in [0.4, 0.5) is 0 Å². The van der Waals surface area contributed by atoms with Crippen LogP contribution in [0.1, 0.15) is 31.0 Å². The van der Waals surface area contributed by atoms with Gasteiger partial charge in [0.1, 0.15) is 5.75 Å². The Morgan fingerprint density at radius 1 is 1.21 bits per heavy atom. The normalized spacial score (nSPS) is 12.4. The Morgan fingerprint density at radius 2 is 1.95 bits per heavy atom. The second kappa shape index (κ2) is 6.43. The molecule has 0 spiro atoms. The van der Waals surface area contributed by atoms with Crippen LogP contribution >= 0.6 is 0 Å². The van der Waals surface area contributed by atoms with E-state index < -0.39 is 0 Å². The van der Waals surface area contributed by atoms with Gasteiger partial charge in [0.25, 0.3) is 0 Å². The molecule has 1 aromatic carbocycles. The summed E-state index contributed by atoms with van der Waals surface area (Å²) < 4.78 is 7.36. The SMILES string of the molecule is CCn1ccc(CN[C@H](C)c2ccc(OC)cc2)c1. The zero-order chi connectivity index (χ0) is 13.7. The molecule has 0 fully saturated rings. The van der Waals surface area contributed by atoms with Gasteiger partial charge in [-0.05, 0) is 43.2 Å². The second-order valence-electron chi connectivity index (χ2n) is 4.73. The monoisotopic (exact) mass is 258 g/mol. The molecule has 0 saturated heterocycles. The van der Waals surface area contributed by atoms with Crippen molar-refractivity contribution in [2.24, 2.45) is 0 Å². The predicted octanol–water partition coefficient (Wildman–Crippen LogP) is 3.37. The van der Waals surface area contributed by atoms with Gasteiger partial charge >= 0.3 is 0 Å². The van der Waals surface area contributed by atoms with Crippen molar-refractivity contribution >= 4 is 0 Å².